The summed E-state index contributed by atoms with van der Waals surface area (Å²) in [5, 5.41) is 7.81. The fourth-order valence-electron chi connectivity index (χ4n) is 5.08. The van der Waals surface area contributed by atoms with Crippen molar-refractivity contribution >= 4 is 23.2 Å². The van der Waals surface area contributed by atoms with Gasteiger partial charge in [0.05, 0.1) is 4.88 Å². The van der Waals surface area contributed by atoms with Gasteiger partial charge in [-0.25, -0.2) is 0 Å². The molecule has 0 saturated carbocycles. The van der Waals surface area contributed by atoms with E-state index in [1.54, 1.807) is 6.07 Å². The van der Waals surface area contributed by atoms with E-state index >= 15 is 0 Å². The molecule has 30 heavy (non-hydrogen) atoms. The van der Waals surface area contributed by atoms with Gasteiger partial charge in [-0.15, -0.1) is 11.3 Å². The van der Waals surface area contributed by atoms with Crippen molar-refractivity contribution < 1.29 is 9.59 Å². The number of thiophene rings is 1. The summed E-state index contributed by atoms with van der Waals surface area (Å²) >= 11 is 1.40. The lowest BCUT2D eigenvalue weighted by Gasteiger charge is -2.45. The molecule has 0 fully saturated rings. The molecule has 0 spiro atoms. The molecule has 2 aromatic carbocycles. The standard InChI is InChI=1S/C25H24N2O2S/c28-23(11-12-26-25(29)22-10-5-13-30-22)27-15-16-14-21-17-6-1-3-8-19(17)24(16)20-9-4-2-7-18(20)21/h1-10,13,16,21,24H,11-12,14-15H2,(H,26,29)(H,27,28). The molecule has 3 aliphatic carbocycles. The van der Waals surface area contributed by atoms with E-state index in [-0.39, 0.29) is 11.8 Å². The summed E-state index contributed by atoms with van der Waals surface area (Å²) in [5.74, 6) is 1.01. The van der Waals surface area contributed by atoms with E-state index in [0.717, 1.165) is 6.42 Å². The van der Waals surface area contributed by atoms with E-state index in [9.17, 15) is 9.59 Å². The lowest BCUT2D eigenvalue weighted by atomic mass is 9.59. The summed E-state index contributed by atoms with van der Waals surface area (Å²) in [6.07, 6.45) is 1.36. The largest absolute Gasteiger partial charge is 0.356 e. The summed E-state index contributed by atoms with van der Waals surface area (Å²) in [6, 6.07) is 21.1. The lowest BCUT2D eigenvalue weighted by Crippen LogP contribution is -2.40. The Morgan fingerprint density at radius 2 is 1.53 bits per heavy atom. The second-order valence-corrected chi connectivity index (χ2v) is 9.02. The van der Waals surface area contributed by atoms with Crippen molar-refractivity contribution in [2.45, 2.75) is 24.7 Å². The van der Waals surface area contributed by atoms with Crippen LogP contribution in [0.2, 0.25) is 0 Å². The smallest absolute Gasteiger partial charge is 0.261 e. The second kappa shape index (κ2) is 8.07. The van der Waals surface area contributed by atoms with Crippen molar-refractivity contribution in [2.75, 3.05) is 13.1 Å². The Morgan fingerprint density at radius 1 is 0.867 bits per heavy atom. The number of fused-ring (bicyclic) bond motifs is 1. The van der Waals surface area contributed by atoms with Crippen LogP contribution in [-0.2, 0) is 4.79 Å². The predicted molar refractivity (Wildman–Crippen MR) is 119 cm³/mol. The Hall–Kier alpha value is -2.92. The van der Waals surface area contributed by atoms with Crippen LogP contribution in [-0.4, -0.2) is 24.9 Å². The van der Waals surface area contributed by atoms with Crippen molar-refractivity contribution in [3.05, 3.63) is 93.2 Å². The van der Waals surface area contributed by atoms with Gasteiger partial charge in [0.15, 0.2) is 0 Å². The van der Waals surface area contributed by atoms with Crippen LogP contribution < -0.4 is 10.6 Å². The summed E-state index contributed by atoms with van der Waals surface area (Å²) in [6.45, 7) is 1.02. The molecular formula is C25H24N2O2S. The number of hydrogen-bond acceptors (Lipinski definition) is 3. The van der Waals surface area contributed by atoms with Gasteiger partial charge in [-0.3, -0.25) is 9.59 Å². The second-order valence-electron chi connectivity index (χ2n) is 8.07. The molecule has 3 aliphatic rings. The predicted octanol–water partition coefficient (Wildman–Crippen LogP) is 4.28. The highest BCUT2D eigenvalue weighted by Crippen LogP contribution is 2.55. The van der Waals surface area contributed by atoms with Gasteiger partial charge in [0, 0.05) is 31.3 Å². The number of amides is 2. The van der Waals surface area contributed by atoms with Crippen LogP contribution in [0.1, 0.15) is 56.6 Å². The number of nitrogens with one attached hydrogen (secondary N) is 2. The quantitative estimate of drug-likeness (QED) is 0.630. The Kier molecular flexibility index (Phi) is 5.13. The van der Waals surface area contributed by atoms with Crippen molar-refractivity contribution in [1.82, 2.24) is 10.6 Å². The monoisotopic (exact) mass is 416 g/mol. The molecule has 2 bridgehead atoms. The third-order valence-electron chi connectivity index (χ3n) is 6.37. The van der Waals surface area contributed by atoms with Crippen LogP contribution in [0.4, 0.5) is 0 Å². The van der Waals surface area contributed by atoms with Crippen LogP contribution in [0.25, 0.3) is 0 Å². The van der Waals surface area contributed by atoms with E-state index in [4.69, 9.17) is 0 Å². The van der Waals surface area contributed by atoms with Gasteiger partial charge in [-0.05, 0) is 46.0 Å². The van der Waals surface area contributed by atoms with Crippen LogP contribution >= 0.6 is 11.3 Å². The third-order valence-corrected chi connectivity index (χ3v) is 7.24. The maximum absolute atomic E-state index is 12.4. The van der Waals surface area contributed by atoms with E-state index in [1.807, 2.05) is 11.4 Å². The van der Waals surface area contributed by atoms with E-state index in [1.165, 1.54) is 33.6 Å². The van der Waals surface area contributed by atoms with Gasteiger partial charge >= 0.3 is 0 Å². The SMILES string of the molecule is O=C(CCNC(=O)c1cccs1)NCC1CC2c3ccccc3C1c1ccccc12. The average molecular weight is 417 g/mol. The molecule has 0 aliphatic heterocycles. The molecule has 152 valence electrons. The van der Waals surface area contributed by atoms with Gasteiger partial charge in [-0.1, -0.05) is 54.6 Å². The van der Waals surface area contributed by atoms with Crippen molar-refractivity contribution in [1.29, 1.82) is 0 Å². The molecule has 1 aromatic heterocycles. The molecule has 1 atom stereocenters. The molecule has 0 saturated heterocycles. The fraction of sp³-hybridized carbons (Fsp3) is 0.280. The zero-order valence-electron chi connectivity index (χ0n) is 16.6. The average Bonchev–Trinajstić information content (AvgIpc) is 3.33. The number of benzene rings is 2. The highest BCUT2D eigenvalue weighted by atomic mass is 32.1. The normalized spacial score (nSPS) is 20.9. The summed E-state index contributed by atoms with van der Waals surface area (Å²) in [7, 11) is 0. The zero-order valence-corrected chi connectivity index (χ0v) is 17.5. The van der Waals surface area contributed by atoms with Gasteiger partial charge < -0.3 is 10.6 Å². The van der Waals surface area contributed by atoms with E-state index < -0.39 is 0 Å². The lowest BCUT2D eigenvalue weighted by molar-refractivity contribution is -0.121. The van der Waals surface area contributed by atoms with Gasteiger partial charge in [-0.2, -0.15) is 0 Å². The molecule has 5 heteroatoms. The minimum absolute atomic E-state index is 0.00973. The fourth-order valence-corrected chi connectivity index (χ4v) is 5.72. The van der Waals surface area contributed by atoms with Crippen molar-refractivity contribution in [2.24, 2.45) is 5.92 Å². The minimum Gasteiger partial charge on any atom is -0.356 e. The summed E-state index contributed by atoms with van der Waals surface area (Å²) < 4.78 is 0. The third kappa shape index (κ3) is 3.43. The first-order chi connectivity index (χ1) is 14.7. The molecule has 2 N–H and O–H groups in total. The first-order valence-corrected chi connectivity index (χ1v) is 11.4. The van der Waals surface area contributed by atoms with Crippen LogP contribution in [0.3, 0.4) is 0 Å². The Balaban J connectivity index is 1.21. The molecular weight excluding hydrogens is 392 g/mol. The number of carbonyl (C=O) groups is 2. The Labute approximate surface area is 180 Å². The van der Waals surface area contributed by atoms with Crippen molar-refractivity contribution in [3.8, 4) is 0 Å². The molecule has 6 rings (SSSR count). The maximum atomic E-state index is 12.4. The number of rotatable bonds is 6. The molecule has 0 radical (unpaired) electrons. The Bertz CT molecular complexity index is 1030. The molecule has 1 unspecified atom stereocenters. The van der Waals surface area contributed by atoms with Gasteiger partial charge in [0.2, 0.25) is 5.91 Å². The first kappa shape index (κ1) is 19.1. The van der Waals surface area contributed by atoms with Crippen LogP contribution in [0, 0.1) is 5.92 Å². The van der Waals surface area contributed by atoms with E-state index in [0.29, 0.717) is 42.1 Å². The topological polar surface area (TPSA) is 58.2 Å². The molecule has 3 aromatic rings. The number of hydrogen-bond donors (Lipinski definition) is 2. The van der Waals surface area contributed by atoms with Gasteiger partial charge in [0.1, 0.15) is 0 Å². The van der Waals surface area contributed by atoms with Crippen LogP contribution in [0.5, 0.6) is 0 Å². The number of carbonyl (C=O) groups excluding carboxylic acids is 2. The highest BCUT2D eigenvalue weighted by Gasteiger charge is 2.42. The zero-order chi connectivity index (χ0) is 20.5. The maximum Gasteiger partial charge on any atom is 0.261 e. The van der Waals surface area contributed by atoms with Crippen LogP contribution in [0.15, 0.2) is 66.0 Å². The Morgan fingerprint density at radius 3 is 2.17 bits per heavy atom. The minimum atomic E-state index is -0.115. The molecule has 1 heterocycles. The summed E-state index contributed by atoms with van der Waals surface area (Å²) in [4.78, 5) is 25.0. The summed E-state index contributed by atoms with van der Waals surface area (Å²) in [5.41, 5.74) is 5.71. The highest BCUT2D eigenvalue weighted by molar-refractivity contribution is 7.12. The van der Waals surface area contributed by atoms with Gasteiger partial charge in [0.25, 0.3) is 5.91 Å². The molecule has 4 nitrogen and oxygen atoms in total. The van der Waals surface area contributed by atoms with Crippen molar-refractivity contribution in [3.63, 3.8) is 0 Å². The molecule has 2 amide bonds. The van der Waals surface area contributed by atoms with E-state index in [2.05, 4.69) is 59.2 Å². The first-order valence-electron chi connectivity index (χ1n) is 10.5.